The summed E-state index contributed by atoms with van der Waals surface area (Å²) >= 11 is 0. The molecular weight excluding hydrogens is 207 g/mol. The van der Waals surface area contributed by atoms with Gasteiger partial charge in [0.15, 0.2) is 5.82 Å². The maximum Gasteiger partial charge on any atom is 0.216 e. The maximum atomic E-state index is 13.1. The van der Waals surface area contributed by atoms with Crippen molar-refractivity contribution in [3.8, 4) is 17.3 Å². The molecule has 0 atom stereocenters. The molecule has 0 saturated heterocycles. The van der Waals surface area contributed by atoms with Crippen molar-refractivity contribution < 1.29 is 9.13 Å². The quantitative estimate of drug-likeness (QED) is 0.777. The van der Waals surface area contributed by atoms with Crippen LogP contribution in [-0.2, 0) is 0 Å². The number of halogens is 1. The summed E-state index contributed by atoms with van der Waals surface area (Å²) < 4.78 is 18.1. The smallest absolute Gasteiger partial charge is 0.216 e. The molecule has 0 saturated carbocycles. The number of ether oxygens (including phenoxy) is 1. The van der Waals surface area contributed by atoms with Gasteiger partial charge in [-0.3, -0.25) is 0 Å². The van der Waals surface area contributed by atoms with Crippen molar-refractivity contribution in [3.63, 3.8) is 0 Å². The summed E-state index contributed by atoms with van der Waals surface area (Å²) in [5.41, 5.74) is 1.61. The fraction of sp³-hybridized carbons (Fsp3) is 0.167. The summed E-state index contributed by atoms with van der Waals surface area (Å²) in [6, 6.07) is 6.19. The molecule has 0 N–H and O–H groups in total. The summed E-state index contributed by atoms with van der Waals surface area (Å²) in [4.78, 5) is 8.27. The van der Waals surface area contributed by atoms with Crippen LogP contribution in [-0.4, -0.2) is 17.1 Å². The number of benzene rings is 1. The van der Waals surface area contributed by atoms with Crippen LogP contribution in [0.2, 0.25) is 0 Å². The summed E-state index contributed by atoms with van der Waals surface area (Å²) in [6.45, 7) is 1.89. The Balaban J connectivity index is 2.53. The fourth-order valence-electron chi connectivity index (χ4n) is 1.42. The van der Waals surface area contributed by atoms with Crippen molar-refractivity contribution >= 4 is 0 Å². The van der Waals surface area contributed by atoms with Crippen molar-refractivity contribution in [2.45, 2.75) is 6.92 Å². The summed E-state index contributed by atoms with van der Waals surface area (Å²) in [7, 11) is 1.53. The van der Waals surface area contributed by atoms with Crippen molar-refractivity contribution in [3.05, 3.63) is 41.8 Å². The van der Waals surface area contributed by atoms with Crippen LogP contribution in [0.1, 0.15) is 5.56 Å². The van der Waals surface area contributed by atoms with E-state index >= 15 is 0 Å². The van der Waals surface area contributed by atoms with Gasteiger partial charge < -0.3 is 4.74 Å². The Hall–Kier alpha value is -1.97. The zero-order valence-corrected chi connectivity index (χ0v) is 9.07. The van der Waals surface area contributed by atoms with Gasteiger partial charge >= 0.3 is 0 Å². The number of rotatable bonds is 2. The molecule has 0 aliphatic carbocycles. The van der Waals surface area contributed by atoms with Crippen molar-refractivity contribution in [2.75, 3.05) is 7.11 Å². The highest BCUT2D eigenvalue weighted by Gasteiger charge is 2.07. The molecule has 1 heterocycles. The Bertz CT molecular complexity index is 514. The average Bonchev–Trinajstić information content (AvgIpc) is 2.32. The van der Waals surface area contributed by atoms with Crippen LogP contribution >= 0.6 is 0 Å². The lowest BCUT2D eigenvalue weighted by atomic mass is 10.1. The molecule has 1 aromatic carbocycles. The van der Waals surface area contributed by atoms with E-state index in [0.29, 0.717) is 17.3 Å². The summed E-state index contributed by atoms with van der Waals surface area (Å²) in [6.07, 6.45) is 1.59. The van der Waals surface area contributed by atoms with Gasteiger partial charge in [-0.25, -0.2) is 9.37 Å². The Kier molecular flexibility index (Phi) is 2.81. The first-order valence-electron chi connectivity index (χ1n) is 4.84. The van der Waals surface area contributed by atoms with Gasteiger partial charge in [-0.1, -0.05) is 6.07 Å². The first kappa shape index (κ1) is 10.5. The second-order valence-corrected chi connectivity index (χ2v) is 3.38. The van der Waals surface area contributed by atoms with E-state index in [2.05, 4.69) is 9.97 Å². The van der Waals surface area contributed by atoms with E-state index < -0.39 is 0 Å². The Morgan fingerprint density at radius 1 is 1.25 bits per heavy atom. The molecule has 0 fully saturated rings. The van der Waals surface area contributed by atoms with Gasteiger partial charge in [0.1, 0.15) is 5.82 Å². The van der Waals surface area contributed by atoms with E-state index in [0.717, 1.165) is 5.56 Å². The number of hydrogen-bond donors (Lipinski definition) is 0. The predicted octanol–water partition coefficient (Wildman–Crippen LogP) is 2.60. The van der Waals surface area contributed by atoms with E-state index in [9.17, 15) is 4.39 Å². The molecule has 0 aliphatic heterocycles. The van der Waals surface area contributed by atoms with Crippen LogP contribution in [0.25, 0.3) is 11.4 Å². The van der Waals surface area contributed by atoms with Gasteiger partial charge in [0.2, 0.25) is 5.88 Å². The zero-order chi connectivity index (χ0) is 11.5. The summed E-state index contributed by atoms with van der Waals surface area (Å²) in [5, 5.41) is 0. The maximum absolute atomic E-state index is 13.1. The molecule has 4 heteroatoms. The highest BCUT2D eigenvalue weighted by molar-refractivity contribution is 5.60. The zero-order valence-electron chi connectivity index (χ0n) is 9.07. The molecule has 0 aliphatic rings. The highest BCUT2D eigenvalue weighted by Crippen LogP contribution is 2.21. The van der Waals surface area contributed by atoms with Gasteiger partial charge in [0, 0.05) is 17.8 Å². The van der Waals surface area contributed by atoms with Crippen LogP contribution in [0.4, 0.5) is 4.39 Å². The Morgan fingerprint density at radius 2 is 2.06 bits per heavy atom. The normalized spacial score (nSPS) is 10.2. The molecule has 82 valence electrons. The third-order valence-corrected chi connectivity index (χ3v) is 2.28. The molecular formula is C12H11FN2O. The van der Waals surface area contributed by atoms with Crippen molar-refractivity contribution in [2.24, 2.45) is 0 Å². The lowest BCUT2D eigenvalue weighted by Gasteiger charge is -2.05. The average molecular weight is 218 g/mol. The highest BCUT2D eigenvalue weighted by atomic mass is 19.1. The lowest BCUT2D eigenvalue weighted by Crippen LogP contribution is -1.95. The monoisotopic (exact) mass is 218 g/mol. The van der Waals surface area contributed by atoms with Gasteiger partial charge in [0.25, 0.3) is 0 Å². The second kappa shape index (κ2) is 4.26. The fourth-order valence-corrected chi connectivity index (χ4v) is 1.42. The van der Waals surface area contributed by atoms with Crippen LogP contribution in [0, 0.1) is 12.7 Å². The molecule has 3 nitrogen and oxygen atoms in total. The standard InChI is InChI=1S/C12H11FN2O/c1-8-3-4-9(13)7-10(8)12-14-6-5-11(15-12)16-2/h3-7H,1-2H3. The molecule has 1 aromatic heterocycles. The van der Waals surface area contributed by atoms with E-state index in [1.807, 2.05) is 6.92 Å². The van der Waals surface area contributed by atoms with Crippen LogP contribution < -0.4 is 4.74 Å². The molecule has 2 aromatic rings. The molecule has 0 unspecified atom stereocenters. The van der Waals surface area contributed by atoms with Gasteiger partial charge in [0.05, 0.1) is 7.11 Å². The Morgan fingerprint density at radius 3 is 2.81 bits per heavy atom. The predicted molar refractivity (Wildman–Crippen MR) is 58.7 cm³/mol. The number of hydrogen-bond acceptors (Lipinski definition) is 3. The number of aryl methyl sites for hydroxylation is 1. The number of aromatic nitrogens is 2. The third-order valence-electron chi connectivity index (χ3n) is 2.28. The lowest BCUT2D eigenvalue weighted by molar-refractivity contribution is 0.397. The molecule has 2 rings (SSSR count). The molecule has 0 radical (unpaired) electrons. The summed E-state index contributed by atoms with van der Waals surface area (Å²) in [5.74, 6) is 0.636. The van der Waals surface area contributed by atoms with E-state index in [-0.39, 0.29) is 5.82 Å². The van der Waals surface area contributed by atoms with E-state index in [1.54, 1.807) is 18.3 Å². The SMILES string of the molecule is COc1ccnc(-c2cc(F)ccc2C)n1. The third kappa shape index (κ3) is 2.00. The minimum atomic E-state index is -0.299. The van der Waals surface area contributed by atoms with E-state index in [1.165, 1.54) is 19.2 Å². The largest absolute Gasteiger partial charge is 0.481 e. The van der Waals surface area contributed by atoms with Crippen molar-refractivity contribution in [1.29, 1.82) is 0 Å². The minimum Gasteiger partial charge on any atom is -0.481 e. The number of methoxy groups -OCH3 is 1. The first-order valence-corrected chi connectivity index (χ1v) is 4.84. The molecule has 16 heavy (non-hydrogen) atoms. The molecule has 0 spiro atoms. The molecule has 0 bridgehead atoms. The van der Waals surface area contributed by atoms with Crippen LogP contribution in [0.15, 0.2) is 30.5 Å². The second-order valence-electron chi connectivity index (χ2n) is 3.38. The van der Waals surface area contributed by atoms with Crippen LogP contribution in [0.3, 0.4) is 0 Å². The molecule has 0 amide bonds. The Labute approximate surface area is 92.9 Å². The number of nitrogens with zero attached hydrogens (tertiary/aromatic N) is 2. The van der Waals surface area contributed by atoms with Crippen molar-refractivity contribution in [1.82, 2.24) is 9.97 Å². The first-order chi connectivity index (χ1) is 7.70. The topological polar surface area (TPSA) is 35.0 Å². The van der Waals surface area contributed by atoms with E-state index in [4.69, 9.17) is 4.74 Å². The van der Waals surface area contributed by atoms with Gasteiger partial charge in [-0.2, -0.15) is 4.98 Å². The minimum absolute atomic E-state index is 0.299. The van der Waals surface area contributed by atoms with Gasteiger partial charge in [-0.15, -0.1) is 0 Å². The van der Waals surface area contributed by atoms with Crippen LogP contribution in [0.5, 0.6) is 5.88 Å². The van der Waals surface area contributed by atoms with Gasteiger partial charge in [-0.05, 0) is 24.6 Å².